The number of rotatable bonds is 9. The fraction of sp³-hybridized carbons (Fsp3) is 0.238. The molecule has 178 valence electrons. The Kier molecular flexibility index (Phi) is 8.49. The molecule has 33 heavy (non-hydrogen) atoms. The summed E-state index contributed by atoms with van der Waals surface area (Å²) in [6.45, 7) is 1.23. The Labute approximate surface area is 189 Å². The molecule has 0 aliphatic rings. The summed E-state index contributed by atoms with van der Waals surface area (Å²) in [5.74, 6) is -3.98. The van der Waals surface area contributed by atoms with Crippen molar-refractivity contribution in [2.75, 3.05) is 19.9 Å². The number of sulfone groups is 1. The van der Waals surface area contributed by atoms with Gasteiger partial charge in [-0.25, -0.2) is 17.2 Å². The van der Waals surface area contributed by atoms with Gasteiger partial charge in [0.1, 0.15) is 34.2 Å². The van der Waals surface area contributed by atoms with E-state index in [9.17, 15) is 27.1 Å². The first-order chi connectivity index (χ1) is 15.4. The van der Waals surface area contributed by atoms with Crippen molar-refractivity contribution in [3.05, 3.63) is 59.8 Å². The van der Waals surface area contributed by atoms with E-state index in [-0.39, 0.29) is 29.5 Å². The van der Waals surface area contributed by atoms with Crippen molar-refractivity contribution in [3.8, 4) is 17.2 Å². The minimum atomic E-state index is -4.00. The number of hydrogen-bond donors (Lipinski definition) is 4. The van der Waals surface area contributed by atoms with Crippen LogP contribution in [0.15, 0.2) is 47.5 Å². The fourth-order valence-electron chi connectivity index (χ4n) is 2.50. The summed E-state index contributed by atoms with van der Waals surface area (Å²) in [6.07, 6.45) is 2.81. The third-order valence-corrected chi connectivity index (χ3v) is 5.13. The van der Waals surface area contributed by atoms with Crippen molar-refractivity contribution in [2.24, 2.45) is 0 Å². The number of hydrogen-bond acceptors (Lipinski definition) is 8. The van der Waals surface area contributed by atoms with Gasteiger partial charge in [-0.1, -0.05) is 0 Å². The van der Waals surface area contributed by atoms with Gasteiger partial charge in [0.2, 0.25) is 0 Å². The van der Waals surface area contributed by atoms with Crippen LogP contribution in [0.1, 0.15) is 17.3 Å². The first-order valence-corrected chi connectivity index (χ1v) is 11.4. The fourth-order valence-corrected chi connectivity index (χ4v) is 3.23. The van der Waals surface area contributed by atoms with Crippen LogP contribution in [-0.2, 0) is 9.84 Å². The smallest absolute Gasteiger partial charge is 0.257 e. The molecule has 2 rings (SSSR count). The molecule has 0 unspecified atom stereocenters. The van der Waals surface area contributed by atoms with E-state index < -0.39 is 44.1 Å². The molecule has 0 saturated heterocycles. The highest BCUT2D eigenvalue weighted by Crippen LogP contribution is 2.32. The average molecular weight is 483 g/mol. The van der Waals surface area contributed by atoms with Crippen molar-refractivity contribution in [2.45, 2.75) is 17.9 Å². The Balaban J connectivity index is 2.43. The number of amides is 1. The van der Waals surface area contributed by atoms with Crippen molar-refractivity contribution >= 4 is 21.6 Å². The van der Waals surface area contributed by atoms with Crippen molar-refractivity contribution in [1.29, 1.82) is 5.41 Å². The molecule has 2 aromatic rings. The Bertz CT molecular complexity index is 1180. The highest BCUT2D eigenvalue weighted by atomic mass is 32.2. The molecule has 0 aliphatic carbocycles. The summed E-state index contributed by atoms with van der Waals surface area (Å²) in [4.78, 5) is 11.7. The number of aliphatic hydroxyl groups excluding tert-OH is 1. The second-order valence-electron chi connectivity index (χ2n) is 6.88. The Morgan fingerprint density at radius 1 is 1.18 bits per heavy atom. The Morgan fingerprint density at radius 2 is 1.85 bits per heavy atom. The number of nitrogens with one attached hydrogen (secondary N) is 3. The predicted molar refractivity (Wildman–Crippen MR) is 117 cm³/mol. The minimum Gasteiger partial charge on any atom is -0.488 e. The lowest BCUT2D eigenvalue weighted by Crippen LogP contribution is -2.28. The third-order valence-electron chi connectivity index (χ3n) is 4.02. The highest BCUT2D eigenvalue weighted by Gasteiger charge is 2.20. The molecule has 1 atom stereocenters. The van der Waals surface area contributed by atoms with Gasteiger partial charge in [0.25, 0.3) is 5.91 Å². The maximum Gasteiger partial charge on any atom is 0.257 e. The van der Waals surface area contributed by atoms with Crippen LogP contribution in [0.4, 0.5) is 8.78 Å². The first kappa shape index (κ1) is 25.7. The summed E-state index contributed by atoms with van der Waals surface area (Å²) in [5, 5.41) is 21.9. The first-order valence-electron chi connectivity index (χ1n) is 9.48. The number of amidine groups is 1. The van der Waals surface area contributed by atoms with Crippen LogP contribution in [-0.4, -0.2) is 51.3 Å². The average Bonchev–Trinajstić information content (AvgIpc) is 2.73. The summed E-state index contributed by atoms with van der Waals surface area (Å²) in [7, 11) is -2.39. The monoisotopic (exact) mass is 483 g/mol. The second-order valence-corrected chi connectivity index (χ2v) is 8.87. The predicted octanol–water partition coefficient (Wildman–Crippen LogP) is 2.36. The molecule has 2 aromatic carbocycles. The van der Waals surface area contributed by atoms with Crippen LogP contribution in [0.25, 0.3) is 0 Å². The van der Waals surface area contributed by atoms with Gasteiger partial charge in [-0.2, -0.15) is 0 Å². The second kappa shape index (κ2) is 10.9. The van der Waals surface area contributed by atoms with Crippen LogP contribution in [0.3, 0.4) is 0 Å². The molecule has 9 nitrogen and oxygen atoms in total. The van der Waals surface area contributed by atoms with Gasteiger partial charge >= 0.3 is 0 Å². The number of carbonyl (C=O) groups is 1. The Morgan fingerprint density at radius 3 is 2.45 bits per heavy atom. The molecule has 0 radical (unpaired) electrons. The molecule has 1 amide bonds. The van der Waals surface area contributed by atoms with Gasteiger partial charge in [-0.05, 0) is 37.4 Å². The minimum absolute atomic E-state index is 0.0381. The summed E-state index contributed by atoms with van der Waals surface area (Å²) >= 11 is 0. The molecule has 0 bridgehead atoms. The standard InChI is InChI=1S/C21H23F2N3O6S/c1-12(11-27)31-14-6-13(21(28)26-20(24)4-5-25-2)7-15(8-14)32-18-9-17(23)19(10-16(18)22)33(3,29)30/h4-10,12,25,27H,11H2,1-3H3,(H2,24,26,28)/b5-4-/t12-/m0/s1. The van der Waals surface area contributed by atoms with E-state index >= 15 is 0 Å². The van der Waals surface area contributed by atoms with Crippen LogP contribution < -0.4 is 20.1 Å². The van der Waals surface area contributed by atoms with Crippen LogP contribution in [0.2, 0.25) is 0 Å². The van der Waals surface area contributed by atoms with E-state index in [1.807, 2.05) is 0 Å². The zero-order valence-corrected chi connectivity index (χ0v) is 18.8. The van der Waals surface area contributed by atoms with E-state index in [0.29, 0.717) is 12.1 Å². The maximum atomic E-state index is 14.4. The zero-order valence-electron chi connectivity index (χ0n) is 18.0. The van der Waals surface area contributed by atoms with E-state index in [0.717, 1.165) is 6.26 Å². The van der Waals surface area contributed by atoms with E-state index in [2.05, 4.69) is 10.6 Å². The summed E-state index contributed by atoms with van der Waals surface area (Å²) < 4.78 is 62.6. The van der Waals surface area contributed by atoms with Gasteiger partial charge in [0.15, 0.2) is 21.4 Å². The molecule has 4 N–H and O–H groups in total. The van der Waals surface area contributed by atoms with Gasteiger partial charge < -0.3 is 25.2 Å². The number of aliphatic hydroxyl groups is 1. The topological polar surface area (TPSA) is 138 Å². The largest absolute Gasteiger partial charge is 0.488 e. The van der Waals surface area contributed by atoms with Crippen LogP contribution >= 0.6 is 0 Å². The molecule has 0 aromatic heterocycles. The summed E-state index contributed by atoms with van der Waals surface area (Å²) in [6, 6.07) is 4.86. The van der Waals surface area contributed by atoms with Crippen molar-refractivity contribution < 1.29 is 36.6 Å². The van der Waals surface area contributed by atoms with E-state index in [4.69, 9.17) is 14.9 Å². The quantitative estimate of drug-likeness (QED) is 0.317. The molecule has 0 heterocycles. The lowest BCUT2D eigenvalue weighted by atomic mass is 10.1. The number of benzene rings is 2. The molecular formula is C21H23F2N3O6S. The van der Waals surface area contributed by atoms with Gasteiger partial charge in [-0.15, -0.1) is 0 Å². The maximum absolute atomic E-state index is 14.4. The highest BCUT2D eigenvalue weighted by molar-refractivity contribution is 7.90. The van der Waals surface area contributed by atoms with Gasteiger partial charge in [-0.3, -0.25) is 10.2 Å². The van der Waals surface area contributed by atoms with E-state index in [1.54, 1.807) is 14.0 Å². The van der Waals surface area contributed by atoms with E-state index in [1.165, 1.54) is 30.5 Å². The van der Waals surface area contributed by atoms with Crippen LogP contribution in [0, 0.1) is 17.0 Å². The molecule has 0 spiro atoms. The third kappa shape index (κ3) is 7.26. The number of carbonyl (C=O) groups excluding carboxylic acids is 1. The molecule has 0 aliphatic heterocycles. The Hall–Kier alpha value is -3.51. The van der Waals surface area contributed by atoms with Crippen LogP contribution in [0.5, 0.6) is 17.2 Å². The normalized spacial score (nSPS) is 12.3. The molecular weight excluding hydrogens is 460 g/mol. The molecule has 12 heteroatoms. The SMILES string of the molecule is CN/C=C\C(=N)NC(=O)c1cc(Oc2cc(F)c(S(C)(=O)=O)cc2F)cc(O[C@@H](C)CO)c1. The summed E-state index contributed by atoms with van der Waals surface area (Å²) in [5.41, 5.74) is -0.0381. The molecule has 0 fully saturated rings. The van der Waals surface area contributed by atoms with Gasteiger partial charge in [0, 0.05) is 31.0 Å². The lowest BCUT2D eigenvalue weighted by Gasteiger charge is -2.15. The van der Waals surface area contributed by atoms with Crippen molar-refractivity contribution in [1.82, 2.24) is 10.6 Å². The molecule has 0 saturated carbocycles. The lowest BCUT2D eigenvalue weighted by molar-refractivity contribution is 0.0975. The number of ether oxygens (including phenoxy) is 2. The number of halogens is 2. The van der Waals surface area contributed by atoms with Crippen molar-refractivity contribution in [3.63, 3.8) is 0 Å². The van der Waals surface area contributed by atoms with Gasteiger partial charge in [0.05, 0.1) is 6.61 Å². The zero-order chi connectivity index (χ0) is 24.8.